The van der Waals surface area contributed by atoms with Crippen LogP contribution in [0.2, 0.25) is 0 Å². The van der Waals surface area contributed by atoms with E-state index >= 15 is 0 Å². The van der Waals surface area contributed by atoms with Crippen LogP contribution >= 0.6 is 23.1 Å². The fraction of sp³-hybridized carbons (Fsp3) is 0.154. The zero-order valence-electron chi connectivity index (χ0n) is 11.8. The van der Waals surface area contributed by atoms with Crippen LogP contribution in [-0.4, -0.2) is 26.6 Å². The Labute approximate surface area is 137 Å². The van der Waals surface area contributed by atoms with Gasteiger partial charge in [-0.1, -0.05) is 53.4 Å². The minimum absolute atomic E-state index is 0.257. The SMILES string of the molecule is COc1nc2sc(SCc3ccccc3)nn2c(=O)c1[N+](=O)[O-]. The molecule has 0 aliphatic heterocycles. The number of rotatable bonds is 5. The Hall–Kier alpha value is -2.46. The van der Waals surface area contributed by atoms with E-state index in [1.165, 1.54) is 30.2 Å². The summed E-state index contributed by atoms with van der Waals surface area (Å²) in [4.78, 5) is 26.6. The van der Waals surface area contributed by atoms with Gasteiger partial charge in [-0.15, -0.1) is 5.10 Å². The molecular weight excluding hydrogens is 340 g/mol. The van der Waals surface area contributed by atoms with Gasteiger partial charge in [0.25, 0.3) is 0 Å². The first-order valence-corrected chi connectivity index (χ1v) is 8.19. The van der Waals surface area contributed by atoms with Gasteiger partial charge in [-0.25, -0.2) is 0 Å². The monoisotopic (exact) mass is 350 g/mol. The van der Waals surface area contributed by atoms with Crippen LogP contribution in [0.4, 0.5) is 5.69 Å². The predicted octanol–water partition coefficient (Wildman–Crippen LogP) is 2.36. The highest BCUT2D eigenvalue weighted by atomic mass is 32.2. The van der Waals surface area contributed by atoms with Gasteiger partial charge in [0.05, 0.1) is 12.0 Å². The summed E-state index contributed by atoms with van der Waals surface area (Å²) >= 11 is 2.61. The summed E-state index contributed by atoms with van der Waals surface area (Å²) in [7, 11) is 1.23. The van der Waals surface area contributed by atoms with Gasteiger partial charge in [0.1, 0.15) is 0 Å². The van der Waals surface area contributed by atoms with Crippen molar-refractivity contribution in [2.45, 2.75) is 10.1 Å². The molecule has 0 aliphatic carbocycles. The quantitative estimate of drug-likeness (QED) is 0.395. The van der Waals surface area contributed by atoms with Crippen LogP contribution in [0.25, 0.3) is 4.96 Å². The van der Waals surface area contributed by atoms with E-state index < -0.39 is 16.2 Å². The zero-order chi connectivity index (χ0) is 16.4. The number of benzene rings is 1. The first kappa shape index (κ1) is 15.4. The molecule has 0 bridgehead atoms. The van der Waals surface area contributed by atoms with Gasteiger partial charge in [0.15, 0.2) is 4.34 Å². The molecule has 0 fully saturated rings. The third-order valence-electron chi connectivity index (χ3n) is 2.92. The van der Waals surface area contributed by atoms with Crippen molar-refractivity contribution in [3.8, 4) is 5.88 Å². The van der Waals surface area contributed by atoms with Crippen LogP contribution < -0.4 is 10.3 Å². The van der Waals surface area contributed by atoms with Crippen molar-refractivity contribution in [1.82, 2.24) is 14.6 Å². The fourth-order valence-corrected chi connectivity index (χ4v) is 3.75. The lowest BCUT2D eigenvalue weighted by Crippen LogP contribution is -2.19. The Morgan fingerprint density at radius 3 is 2.78 bits per heavy atom. The minimum Gasteiger partial charge on any atom is -0.476 e. The predicted molar refractivity (Wildman–Crippen MR) is 86.3 cm³/mol. The number of thioether (sulfide) groups is 1. The van der Waals surface area contributed by atoms with Crippen LogP contribution in [0.1, 0.15) is 5.56 Å². The summed E-state index contributed by atoms with van der Waals surface area (Å²) in [6.07, 6.45) is 0. The molecule has 0 saturated heterocycles. The maximum Gasteiger partial charge on any atom is 0.397 e. The highest BCUT2D eigenvalue weighted by Crippen LogP contribution is 2.29. The minimum atomic E-state index is -0.848. The normalized spacial score (nSPS) is 10.8. The first-order chi connectivity index (χ1) is 11.1. The molecule has 1 aromatic carbocycles. The molecule has 0 spiro atoms. The van der Waals surface area contributed by atoms with E-state index in [1.807, 2.05) is 30.3 Å². The van der Waals surface area contributed by atoms with Crippen molar-refractivity contribution in [3.05, 3.63) is 56.4 Å². The number of nitro groups is 1. The van der Waals surface area contributed by atoms with Crippen molar-refractivity contribution in [1.29, 1.82) is 0 Å². The number of fused-ring (bicyclic) bond motifs is 1. The molecule has 23 heavy (non-hydrogen) atoms. The van der Waals surface area contributed by atoms with Crippen molar-refractivity contribution in [2.75, 3.05) is 7.11 Å². The van der Waals surface area contributed by atoms with E-state index in [4.69, 9.17) is 4.74 Å². The Bertz CT molecular complexity index is 923. The lowest BCUT2D eigenvalue weighted by molar-refractivity contribution is -0.387. The van der Waals surface area contributed by atoms with Crippen molar-refractivity contribution in [2.24, 2.45) is 0 Å². The van der Waals surface area contributed by atoms with Crippen molar-refractivity contribution < 1.29 is 9.66 Å². The van der Waals surface area contributed by atoms with Crippen molar-refractivity contribution >= 4 is 33.7 Å². The summed E-state index contributed by atoms with van der Waals surface area (Å²) in [5, 5.41) is 15.1. The second-order valence-electron chi connectivity index (χ2n) is 4.37. The van der Waals surface area contributed by atoms with Gasteiger partial charge in [-0.2, -0.15) is 9.50 Å². The number of nitrogens with zero attached hydrogens (tertiary/aromatic N) is 4. The molecule has 118 valence electrons. The number of aromatic nitrogens is 3. The summed E-state index contributed by atoms with van der Waals surface area (Å²) in [6.45, 7) is 0. The van der Waals surface area contributed by atoms with E-state index in [-0.39, 0.29) is 10.8 Å². The van der Waals surface area contributed by atoms with Gasteiger partial charge in [0.2, 0.25) is 4.96 Å². The van der Waals surface area contributed by atoms with Crippen LogP contribution in [0.5, 0.6) is 5.88 Å². The third kappa shape index (κ3) is 3.03. The van der Waals surface area contributed by atoms with Crippen LogP contribution in [-0.2, 0) is 5.75 Å². The molecule has 0 N–H and O–H groups in total. The number of ether oxygens (including phenoxy) is 1. The van der Waals surface area contributed by atoms with Gasteiger partial charge >= 0.3 is 17.1 Å². The number of methoxy groups -OCH3 is 1. The fourth-order valence-electron chi connectivity index (χ4n) is 1.88. The summed E-state index contributed by atoms with van der Waals surface area (Å²) in [5.41, 5.74) is -0.449. The molecule has 0 unspecified atom stereocenters. The van der Waals surface area contributed by atoms with Gasteiger partial charge in [-0.3, -0.25) is 14.9 Å². The van der Waals surface area contributed by atoms with E-state index in [2.05, 4.69) is 10.1 Å². The largest absolute Gasteiger partial charge is 0.476 e. The smallest absolute Gasteiger partial charge is 0.397 e. The van der Waals surface area contributed by atoms with E-state index in [1.54, 1.807) is 0 Å². The van der Waals surface area contributed by atoms with Crippen LogP contribution in [0.3, 0.4) is 0 Å². The summed E-state index contributed by atoms with van der Waals surface area (Å²) in [6, 6.07) is 9.78. The van der Waals surface area contributed by atoms with Crippen LogP contribution in [0.15, 0.2) is 39.5 Å². The lowest BCUT2D eigenvalue weighted by Gasteiger charge is -1.98. The van der Waals surface area contributed by atoms with Gasteiger partial charge < -0.3 is 4.74 Å². The average Bonchev–Trinajstić information content (AvgIpc) is 2.96. The summed E-state index contributed by atoms with van der Waals surface area (Å²) in [5.74, 6) is 0.373. The highest BCUT2D eigenvalue weighted by molar-refractivity contribution is 8.00. The molecule has 0 radical (unpaired) electrons. The molecule has 2 aromatic heterocycles. The zero-order valence-corrected chi connectivity index (χ0v) is 13.5. The molecule has 0 saturated carbocycles. The second kappa shape index (κ2) is 6.34. The first-order valence-electron chi connectivity index (χ1n) is 6.39. The standard InChI is InChI=1S/C13H10N4O4S2/c1-21-10-9(17(19)20)11(18)16-12(14-10)23-13(15-16)22-7-8-5-3-2-4-6-8/h2-6H,7H2,1H3. The van der Waals surface area contributed by atoms with E-state index in [0.717, 1.165) is 10.1 Å². The maximum atomic E-state index is 12.2. The Balaban J connectivity index is 1.97. The molecular formula is C13H10N4O4S2. The Morgan fingerprint density at radius 2 is 2.13 bits per heavy atom. The molecule has 0 aliphatic rings. The van der Waals surface area contributed by atoms with Crippen LogP contribution in [0, 0.1) is 10.1 Å². The Kier molecular flexibility index (Phi) is 4.26. The molecule has 3 rings (SSSR count). The number of hydrogen-bond donors (Lipinski definition) is 0. The third-order valence-corrected chi connectivity index (χ3v) is 5.03. The maximum absolute atomic E-state index is 12.2. The average molecular weight is 350 g/mol. The topological polar surface area (TPSA) is 99.6 Å². The molecule has 8 nitrogen and oxygen atoms in total. The molecule has 3 aromatic rings. The molecule has 10 heteroatoms. The second-order valence-corrected chi connectivity index (χ2v) is 6.55. The number of hydrogen-bond acceptors (Lipinski definition) is 8. The van der Waals surface area contributed by atoms with Gasteiger partial charge in [-0.05, 0) is 5.56 Å². The molecule has 0 amide bonds. The van der Waals surface area contributed by atoms with Crippen molar-refractivity contribution in [3.63, 3.8) is 0 Å². The molecule has 2 heterocycles. The Morgan fingerprint density at radius 1 is 1.39 bits per heavy atom. The van der Waals surface area contributed by atoms with E-state index in [9.17, 15) is 14.9 Å². The van der Waals surface area contributed by atoms with Gasteiger partial charge in [0, 0.05) is 5.75 Å². The highest BCUT2D eigenvalue weighted by Gasteiger charge is 2.26. The molecule has 0 atom stereocenters. The lowest BCUT2D eigenvalue weighted by atomic mass is 10.2. The summed E-state index contributed by atoms with van der Waals surface area (Å²) < 4.78 is 6.38. The van der Waals surface area contributed by atoms with E-state index in [0.29, 0.717) is 10.1 Å².